The van der Waals surface area contributed by atoms with Gasteiger partial charge in [0.1, 0.15) is 5.75 Å². The molecule has 1 aliphatic rings. The van der Waals surface area contributed by atoms with Gasteiger partial charge in [0.05, 0.1) is 18.8 Å². The molecule has 0 bridgehead atoms. The molecule has 1 unspecified atom stereocenters. The van der Waals surface area contributed by atoms with Crippen molar-refractivity contribution in [2.45, 2.75) is 38.4 Å². The zero-order valence-electron chi connectivity index (χ0n) is 12.0. The zero-order valence-corrected chi connectivity index (χ0v) is 12.0. The second-order valence-electron chi connectivity index (χ2n) is 5.66. The number of methoxy groups -OCH3 is 1. The van der Waals surface area contributed by atoms with Crippen LogP contribution in [0.15, 0.2) is 18.2 Å². The number of carbonyl (C=O) groups is 1. The molecule has 1 aromatic carbocycles. The molecule has 0 saturated carbocycles. The standard InChI is InChI=1S/C16H20O4/c1-16(2,19)15(18)9-13-12-8-11(17)6-4-10(12)5-7-14(13)20-3/h4-7,15,18-19H,8-9H2,1-3H3. The predicted octanol–water partition coefficient (Wildman–Crippen LogP) is 1.51. The maximum atomic E-state index is 11.6. The first-order chi connectivity index (χ1) is 9.32. The molecule has 0 aromatic heterocycles. The third-order valence-corrected chi connectivity index (χ3v) is 3.66. The maximum absolute atomic E-state index is 11.6. The van der Waals surface area contributed by atoms with Crippen LogP contribution in [-0.2, 0) is 17.6 Å². The molecule has 1 atom stereocenters. The molecule has 0 aliphatic heterocycles. The average Bonchev–Trinajstić information content (AvgIpc) is 2.38. The summed E-state index contributed by atoms with van der Waals surface area (Å²) in [6.45, 7) is 3.12. The molecule has 0 spiro atoms. The van der Waals surface area contributed by atoms with E-state index in [1.165, 1.54) is 0 Å². The largest absolute Gasteiger partial charge is 0.496 e. The van der Waals surface area contributed by atoms with E-state index in [2.05, 4.69) is 0 Å². The lowest BCUT2D eigenvalue weighted by Gasteiger charge is -2.27. The average molecular weight is 276 g/mol. The van der Waals surface area contributed by atoms with Gasteiger partial charge in [-0.1, -0.05) is 12.1 Å². The van der Waals surface area contributed by atoms with Gasteiger partial charge in [-0.05, 0) is 37.1 Å². The second kappa shape index (κ2) is 5.38. The van der Waals surface area contributed by atoms with Crippen LogP contribution in [0.2, 0.25) is 0 Å². The summed E-state index contributed by atoms with van der Waals surface area (Å²) in [6.07, 6.45) is 2.96. The summed E-state index contributed by atoms with van der Waals surface area (Å²) in [6, 6.07) is 3.72. The van der Waals surface area contributed by atoms with Crippen molar-refractivity contribution in [2.75, 3.05) is 7.11 Å². The Balaban J connectivity index is 2.45. The fourth-order valence-electron chi connectivity index (χ4n) is 2.33. The lowest BCUT2D eigenvalue weighted by Crippen LogP contribution is -2.37. The number of fused-ring (bicyclic) bond motifs is 1. The van der Waals surface area contributed by atoms with Gasteiger partial charge in [0.15, 0.2) is 5.78 Å². The van der Waals surface area contributed by atoms with E-state index in [4.69, 9.17) is 4.74 Å². The highest BCUT2D eigenvalue weighted by molar-refractivity contribution is 5.98. The first-order valence-electron chi connectivity index (χ1n) is 6.63. The van der Waals surface area contributed by atoms with Crippen LogP contribution in [0.4, 0.5) is 0 Å². The van der Waals surface area contributed by atoms with Gasteiger partial charge in [-0.3, -0.25) is 4.79 Å². The highest BCUT2D eigenvalue weighted by Gasteiger charge is 2.28. The number of rotatable bonds is 4. The SMILES string of the molecule is COc1ccc2c(c1CC(O)C(C)(C)O)CC(=O)C=C2. The number of hydrogen-bond acceptors (Lipinski definition) is 4. The summed E-state index contributed by atoms with van der Waals surface area (Å²) in [7, 11) is 1.56. The third kappa shape index (κ3) is 2.92. The van der Waals surface area contributed by atoms with Gasteiger partial charge in [0.2, 0.25) is 0 Å². The van der Waals surface area contributed by atoms with Crippen LogP contribution < -0.4 is 4.74 Å². The molecule has 4 heteroatoms. The number of hydrogen-bond donors (Lipinski definition) is 2. The molecule has 4 nitrogen and oxygen atoms in total. The number of ether oxygens (including phenoxy) is 1. The van der Waals surface area contributed by atoms with E-state index in [1.54, 1.807) is 33.1 Å². The van der Waals surface area contributed by atoms with Gasteiger partial charge in [-0.15, -0.1) is 0 Å². The van der Waals surface area contributed by atoms with Gasteiger partial charge in [0.25, 0.3) is 0 Å². The van der Waals surface area contributed by atoms with E-state index >= 15 is 0 Å². The summed E-state index contributed by atoms with van der Waals surface area (Å²) in [5.41, 5.74) is 1.42. The van der Waals surface area contributed by atoms with Crippen molar-refractivity contribution in [1.82, 2.24) is 0 Å². The smallest absolute Gasteiger partial charge is 0.160 e. The van der Waals surface area contributed by atoms with E-state index in [1.807, 2.05) is 12.1 Å². The molecule has 1 aromatic rings. The van der Waals surface area contributed by atoms with Gasteiger partial charge in [0, 0.05) is 18.4 Å². The number of ketones is 1. The Labute approximate surface area is 118 Å². The molecular weight excluding hydrogens is 256 g/mol. The van der Waals surface area contributed by atoms with Gasteiger partial charge in [-0.2, -0.15) is 0 Å². The monoisotopic (exact) mass is 276 g/mol. The van der Waals surface area contributed by atoms with Crippen molar-refractivity contribution in [3.05, 3.63) is 34.9 Å². The fourth-order valence-corrected chi connectivity index (χ4v) is 2.33. The highest BCUT2D eigenvalue weighted by atomic mass is 16.5. The summed E-state index contributed by atoms with van der Waals surface area (Å²) >= 11 is 0. The number of aliphatic hydroxyl groups is 2. The topological polar surface area (TPSA) is 66.8 Å². The zero-order chi connectivity index (χ0) is 14.9. The van der Waals surface area contributed by atoms with Crippen LogP contribution in [0.1, 0.15) is 30.5 Å². The normalized spacial score (nSPS) is 15.9. The summed E-state index contributed by atoms with van der Waals surface area (Å²) in [4.78, 5) is 11.6. The summed E-state index contributed by atoms with van der Waals surface area (Å²) < 4.78 is 5.33. The Morgan fingerprint density at radius 2 is 2.05 bits per heavy atom. The minimum absolute atomic E-state index is 0.0322. The first kappa shape index (κ1) is 14.8. The minimum atomic E-state index is -1.21. The van der Waals surface area contributed by atoms with E-state index < -0.39 is 11.7 Å². The van der Waals surface area contributed by atoms with Crippen molar-refractivity contribution in [2.24, 2.45) is 0 Å². The lowest BCUT2D eigenvalue weighted by molar-refractivity contribution is -0.114. The first-order valence-corrected chi connectivity index (χ1v) is 6.63. The van der Waals surface area contributed by atoms with Crippen LogP contribution in [0.25, 0.3) is 6.08 Å². The second-order valence-corrected chi connectivity index (χ2v) is 5.66. The molecule has 108 valence electrons. The molecule has 2 rings (SSSR count). The molecule has 0 amide bonds. The molecule has 0 heterocycles. The van der Waals surface area contributed by atoms with Crippen molar-refractivity contribution >= 4 is 11.9 Å². The number of aliphatic hydroxyl groups excluding tert-OH is 1. The summed E-state index contributed by atoms with van der Waals surface area (Å²) in [5, 5.41) is 20.0. The fraction of sp³-hybridized carbons (Fsp3) is 0.438. The van der Waals surface area contributed by atoms with E-state index in [-0.39, 0.29) is 12.2 Å². The maximum Gasteiger partial charge on any atom is 0.160 e. The Kier molecular flexibility index (Phi) is 3.97. The molecule has 0 saturated heterocycles. The van der Waals surface area contributed by atoms with Crippen molar-refractivity contribution in [3.8, 4) is 5.75 Å². The summed E-state index contributed by atoms with van der Waals surface area (Å²) in [5.74, 6) is 0.667. The van der Waals surface area contributed by atoms with Gasteiger partial charge >= 0.3 is 0 Å². The molecule has 0 radical (unpaired) electrons. The molecular formula is C16H20O4. The quantitative estimate of drug-likeness (QED) is 0.874. The molecule has 20 heavy (non-hydrogen) atoms. The number of benzene rings is 1. The Bertz CT molecular complexity index is 552. The lowest BCUT2D eigenvalue weighted by atomic mass is 9.86. The molecule has 2 N–H and O–H groups in total. The van der Waals surface area contributed by atoms with Crippen molar-refractivity contribution in [3.63, 3.8) is 0 Å². The van der Waals surface area contributed by atoms with Crippen LogP contribution >= 0.6 is 0 Å². The number of allylic oxidation sites excluding steroid dienone is 1. The van der Waals surface area contributed by atoms with Crippen LogP contribution in [0, 0.1) is 0 Å². The Morgan fingerprint density at radius 3 is 2.65 bits per heavy atom. The van der Waals surface area contributed by atoms with Gasteiger partial charge in [-0.25, -0.2) is 0 Å². The predicted molar refractivity (Wildman–Crippen MR) is 76.7 cm³/mol. The van der Waals surface area contributed by atoms with Crippen LogP contribution in [0.3, 0.4) is 0 Å². The number of carbonyl (C=O) groups excluding carboxylic acids is 1. The Hall–Kier alpha value is -1.65. The minimum Gasteiger partial charge on any atom is -0.496 e. The highest BCUT2D eigenvalue weighted by Crippen LogP contribution is 2.31. The van der Waals surface area contributed by atoms with Crippen molar-refractivity contribution in [1.29, 1.82) is 0 Å². The van der Waals surface area contributed by atoms with Crippen molar-refractivity contribution < 1.29 is 19.7 Å². The van der Waals surface area contributed by atoms with Crippen LogP contribution in [-0.4, -0.2) is 34.8 Å². The van der Waals surface area contributed by atoms with E-state index in [0.29, 0.717) is 12.2 Å². The van der Waals surface area contributed by atoms with Crippen LogP contribution in [0.5, 0.6) is 5.75 Å². The van der Waals surface area contributed by atoms with E-state index in [0.717, 1.165) is 16.7 Å². The van der Waals surface area contributed by atoms with E-state index in [9.17, 15) is 15.0 Å². The Morgan fingerprint density at radius 1 is 1.35 bits per heavy atom. The molecule has 1 aliphatic carbocycles. The van der Waals surface area contributed by atoms with Gasteiger partial charge < -0.3 is 14.9 Å². The third-order valence-electron chi connectivity index (χ3n) is 3.66. The molecule has 0 fully saturated rings.